The van der Waals surface area contributed by atoms with Crippen molar-refractivity contribution in [1.82, 2.24) is 0 Å². The molecule has 1 N–H and O–H groups in total. The van der Waals surface area contributed by atoms with E-state index in [1.54, 1.807) is 13.0 Å². The zero-order valence-electron chi connectivity index (χ0n) is 10.0. The summed E-state index contributed by atoms with van der Waals surface area (Å²) in [6.07, 6.45) is 1.17. The fourth-order valence-electron chi connectivity index (χ4n) is 2.02. The second-order valence-corrected chi connectivity index (χ2v) is 5.57. The summed E-state index contributed by atoms with van der Waals surface area (Å²) in [6, 6.07) is 4.04. The minimum absolute atomic E-state index is 0.203. The summed E-state index contributed by atoms with van der Waals surface area (Å²) in [5.41, 5.74) is 2.89. The predicted octanol–water partition coefficient (Wildman–Crippen LogP) is 3.13. The minimum Gasteiger partial charge on any atom is -0.381 e. The van der Waals surface area contributed by atoms with Gasteiger partial charge >= 0.3 is 0 Å². The summed E-state index contributed by atoms with van der Waals surface area (Å²) < 4.78 is 0. The number of thioether (sulfide) groups is 1. The molecule has 0 spiro atoms. The third-order valence-electron chi connectivity index (χ3n) is 3.03. The van der Waals surface area contributed by atoms with Gasteiger partial charge in [-0.1, -0.05) is 0 Å². The van der Waals surface area contributed by atoms with Crippen LogP contribution in [-0.4, -0.2) is 22.5 Å². The van der Waals surface area contributed by atoms with Crippen LogP contribution in [0, 0.1) is 24.0 Å². The van der Waals surface area contributed by atoms with E-state index < -0.39 is 0 Å². The van der Waals surface area contributed by atoms with Crippen LogP contribution in [0.5, 0.6) is 0 Å². The molecule has 17 heavy (non-hydrogen) atoms. The van der Waals surface area contributed by atoms with E-state index in [1.165, 1.54) is 12.2 Å². The molecule has 0 bridgehead atoms. The number of hydrogen-bond donors (Lipinski definition) is 1. The van der Waals surface area contributed by atoms with Crippen molar-refractivity contribution in [2.24, 2.45) is 0 Å². The highest BCUT2D eigenvalue weighted by Crippen LogP contribution is 2.28. The number of benzene rings is 1. The van der Waals surface area contributed by atoms with Crippen LogP contribution in [0.3, 0.4) is 0 Å². The summed E-state index contributed by atoms with van der Waals surface area (Å²) in [4.78, 5) is 10.5. The number of nitro benzene ring substituents is 1. The van der Waals surface area contributed by atoms with Gasteiger partial charge in [-0.2, -0.15) is 11.8 Å². The Morgan fingerprint density at radius 2 is 2.18 bits per heavy atom. The Bertz CT molecular complexity index is 442. The maximum atomic E-state index is 10.8. The second-order valence-electron chi connectivity index (χ2n) is 4.42. The topological polar surface area (TPSA) is 55.2 Å². The molecule has 1 aliphatic rings. The van der Waals surface area contributed by atoms with Gasteiger partial charge < -0.3 is 5.32 Å². The third kappa shape index (κ3) is 2.72. The molecule has 1 atom stereocenters. The molecule has 1 fully saturated rings. The first-order valence-electron chi connectivity index (χ1n) is 5.68. The van der Waals surface area contributed by atoms with Gasteiger partial charge in [-0.05, 0) is 37.7 Å². The molecular weight excluding hydrogens is 236 g/mol. The van der Waals surface area contributed by atoms with E-state index in [4.69, 9.17) is 0 Å². The normalized spacial score (nSPS) is 19.3. The fourth-order valence-corrected chi connectivity index (χ4v) is 3.17. The number of nitro groups is 1. The van der Waals surface area contributed by atoms with Gasteiger partial charge in [-0.3, -0.25) is 10.1 Å². The molecule has 0 saturated carbocycles. The Hall–Kier alpha value is -1.23. The summed E-state index contributed by atoms with van der Waals surface area (Å²) in [6.45, 7) is 3.70. The molecule has 4 nitrogen and oxygen atoms in total. The third-order valence-corrected chi connectivity index (χ3v) is 4.19. The molecule has 5 heteroatoms. The summed E-state index contributed by atoms with van der Waals surface area (Å²) in [7, 11) is 0. The van der Waals surface area contributed by atoms with Crippen molar-refractivity contribution in [3.63, 3.8) is 0 Å². The number of rotatable bonds is 3. The molecule has 0 amide bonds. The Kier molecular flexibility index (Phi) is 3.57. The Morgan fingerprint density at radius 3 is 2.76 bits per heavy atom. The molecule has 1 aliphatic heterocycles. The molecule has 1 unspecified atom stereocenters. The van der Waals surface area contributed by atoms with Crippen molar-refractivity contribution in [2.75, 3.05) is 16.8 Å². The van der Waals surface area contributed by atoms with E-state index in [1.807, 2.05) is 24.8 Å². The van der Waals surface area contributed by atoms with E-state index in [2.05, 4.69) is 5.32 Å². The van der Waals surface area contributed by atoms with Crippen molar-refractivity contribution >= 4 is 23.1 Å². The monoisotopic (exact) mass is 252 g/mol. The van der Waals surface area contributed by atoms with Gasteiger partial charge in [0.15, 0.2) is 0 Å². The molecule has 92 valence electrons. The van der Waals surface area contributed by atoms with E-state index in [0.717, 1.165) is 17.0 Å². The summed E-state index contributed by atoms with van der Waals surface area (Å²) >= 11 is 1.95. The number of nitrogens with zero attached hydrogens (tertiary/aromatic N) is 1. The van der Waals surface area contributed by atoms with Gasteiger partial charge in [-0.25, -0.2) is 0 Å². The van der Waals surface area contributed by atoms with Gasteiger partial charge in [-0.15, -0.1) is 0 Å². The second kappa shape index (κ2) is 4.96. The lowest BCUT2D eigenvalue weighted by Gasteiger charge is -2.15. The maximum absolute atomic E-state index is 10.8. The Morgan fingerprint density at radius 1 is 1.41 bits per heavy atom. The lowest BCUT2D eigenvalue weighted by Crippen LogP contribution is -2.18. The fraction of sp³-hybridized carbons (Fsp3) is 0.500. The van der Waals surface area contributed by atoms with E-state index >= 15 is 0 Å². The zero-order valence-corrected chi connectivity index (χ0v) is 10.8. The lowest BCUT2D eigenvalue weighted by atomic mass is 10.1. The number of aryl methyl sites for hydroxylation is 2. The molecular formula is C12H16N2O2S. The SMILES string of the molecule is Cc1cc([N+](=O)[O-])c(C)cc1NC1CCSC1. The van der Waals surface area contributed by atoms with Crippen LogP contribution in [0.15, 0.2) is 12.1 Å². The first-order valence-corrected chi connectivity index (χ1v) is 6.83. The molecule has 0 radical (unpaired) electrons. The van der Waals surface area contributed by atoms with E-state index in [-0.39, 0.29) is 10.6 Å². The quantitative estimate of drug-likeness (QED) is 0.663. The minimum atomic E-state index is -0.322. The van der Waals surface area contributed by atoms with Crippen molar-refractivity contribution in [3.05, 3.63) is 33.4 Å². The maximum Gasteiger partial charge on any atom is 0.272 e. The van der Waals surface area contributed by atoms with Crippen LogP contribution in [0.25, 0.3) is 0 Å². The molecule has 1 saturated heterocycles. The van der Waals surface area contributed by atoms with Gasteiger partial charge in [0.05, 0.1) is 4.92 Å². The van der Waals surface area contributed by atoms with Crippen LogP contribution in [-0.2, 0) is 0 Å². The highest BCUT2D eigenvalue weighted by Gasteiger charge is 2.18. The Balaban J connectivity index is 2.23. The molecule has 0 aromatic heterocycles. The van der Waals surface area contributed by atoms with Gasteiger partial charge in [0.2, 0.25) is 0 Å². The molecule has 2 rings (SSSR count). The molecule has 1 heterocycles. The molecule has 1 aromatic carbocycles. The van der Waals surface area contributed by atoms with Crippen molar-refractivity contribution in [2.45, 2.75) is 26.3 Å². The van der Waals surface area contributed by atoms with Crippen molar-refractivity contribution < 1.29 is 4.92 Å². The number of anilines is 1. The average Bonchev–Trinajstić information content (AvgIpc) is 2.75. The number of nitrogens with one attached hydrogen (secondary N) is 1. The highest BCUT2D eigenvalue weighted by molar-refractivity contribution is 7.99. The Labute approximate surface area is 105 Å². The number of hydrogen-bond acceptors (Lipinski definition) is 4. The first-order chi connectivity index (χ1) is 8.08. The van der Waals surface area contributed by atoms with Crippen LogP contribution in [0.2, 0.25) is 0 Å². The standard InChI is InChI=1S/C12H16N2O2S/c1-8-6-12(14(15)16)9(2)5-11(8)13-10-3-4-17-7-10/h5-6,10,13H,3-4,7H2,1-2H3. The zero-order chi connectivity index (χ0) is 12.4. The highest BCUT2D eigenvalue weighted by atomic mass is 32.2. The van der Waals surface area contributed by atoms with Crippen LogP contribution >= 0.6 is 11.8 Å². The predicted molar refractivity (Wildman–Crippen MR) is 71.9 cm³/mol. The molecule has 1 aromatic rings. The average molecular weight is 252 g/mol. The van der Waals surface area contributed by atoms with E-state index in [0.29, 0.717) is 11.6 Å². The van der Waals surface area contributed by atoms with Crippen LogP contribution in [0.4, 0.5) is 11.4 Å². The van der Waals surface area contributed by atoms with Gasteiger partial charge in [0, 0.05) is 29.1 Å². The molecule has 0 aliphatic carbocycles. The van der Waals surface area contributed by atoms with E-state index in [9.17, 15) is 10.1 Å². The van der Waals surface area contributed by atoms with Gasteiger partial charge in [0.1, 0.15) is 0 Å². The lowest BCUT2D eigenvalue weighted by molar-refractivity contribution is -0.385. The smallest absolute Gasteiger partial charge is 0.272 e. The summed E-state index contributed by atoms with van der Waals surface area (Å²) in [5.74, 6) is 2.32. The van der Waals surface area contributed by atoms with Crippen molar-refractivity contribution in [1.29, 1.82) is 0 Å². The summed E-state index contributed by atoms with van der Waals surface area (Å²) in [5, 5.41) is 14.3. The van der Waals surface area contributed by atoms with Crippen LogP contribution < -0.4 is 5.32 Å². The first kappa shape index (κ1) is 12.2. The van der Waals surface area contributed by atoms with Crippen molar-refractivity contribution in [3.8, 4) is 0 Å². The van der Waals surface area contributed by atoms with Crippen LogP contribution in [0.1, 0.15) is 17.5 Å². The van der Waals surface area contributed by atoms with Gasteiger partial charge in [0.25, 0.3) is 5.69 Å². The largest absolute Gasteiger partial charge is 0.381 e.